The van der Waals surface area contributed by atoms with E-state index in [1.807, 2.05) is 6.92 Å². The van der Waals surface area contributed by atoms with Crippen LogP contribution in [-0.2, 0) is 0 Å². The molecule has 4 nitrogen and oxygen atoms in total. The molecular weight excluding hydrogens is 272 g/mol. The maximum absolute atomic E-state index is 5.93. The molecule has 2 heterocycles. The van der Waals surface area contributed by atoms with E-state index >= 15 is 0 Å². The van der Waals surface area contributed by atoms with Crippen LogP contribution >= 0.6 is 11.6 Å². The highest BCUT2D eigenvalue weighted by atomic mass is 35.5. The summed E-state index contributed by atoms with van der Waals surface area (Å²) in [5, 5.41) is 3.70. The smallest absolute Gasteiger partial charge is 0.135 e. The molecule has 3 rings (SSSR count). The fraction of sp³-hybridized carbons (Fsp3) is 0.333. The molecule has 1 saturated heterocycles. The van der Waals surface area contributed by atoms with E-state index in [2.05, 4.69) is 44.5 Å². The normalized spacial score (nSPS) is 14.6. The predicted octanol–water partition coefficient (Wildman–Crippen LogP) is 3.78. The van der Waals surface area contributed by atoms with Crippen molar-refractivity contribution in [2.45, 2.75) is 19.8 Å². The molecule has 1 fully saturated rings. The van der Waals surface area contributed by atoms with Crippen LogP contribution in [0.3, 0.4) is 0 Å². The van der Waals surface area contributed by atoms with Crippen molar-refractivity contribution in [2.75, 3.05) is 23.3 Å². The van der Waals surface area contributed by atoms with Gasteiger partial charge < -0.3 is 10.2 Å². The van der Waals surface area contributed by atoms with Gasteiger partial charge in [-0.05, 0) is 44.0 Å². The third-order valence-electron chi connectivity index (χ3n) is 3.42. The van der Waals surface area contributed by atoms with Crippen LogP contribution in [-0.4, -0.2) is 23.1 Å². The third kappa shape index (κ3) is 3.02. The topological polar surface area (TPSA) is 41.1 Å². The number of anilines is 3. The molecule has 0 radical (unpaired) electrons. The van der Waals surface area contributed by atoms with Crippen molar-refractivity contribution in [1.29, 1.82) is 0 Å². The molecule has 1 N–H and O–H groups in total. The first-order valence-corrected chi connectivity index (χ1v) is 7.22. The van der Waals surface area contributed by atoms with Gasteiger partial charge >= 0.3 is 0 Å². The number of aromatic nitrogens is 2. The lowest BCUT2D eigenvalue weighted by Gasteiger charge is -2.17. The number of hydrogen-bond donors (Lipinski definition) is 1. The summed E-state index contributed by atoms with van der Waals surface area (Å²) in [4.78, 5) is 10.8. The summed E-state index contributed by atoms with van der Waals surface area (Å²) >= 11 is 5.93. The monoisotopic (exact) mass is 288 g/mol. The van der Waals surface area contributed by atoms with E-state index < -0.39 is 0 Å². The van der Waals surface area contributed by atoms with Crippen LogP contribution in [0.2, 0.25) is 5.15 Å². The van der Waals surface area contributed by atoms with Gasteiger partial charge in [-0.25, -0.2) is 9.97 Å². The average Bonchev–Trinajstić information content (AvgIpc) is 2.92. The number of nitrogens with one attached hydrogen (secondary N) is 1. The molecule has 1 aromatic carbocycles. The molecule has 0 amide bonds. The Hall–Kier alpha value is -1.81. The van der Waals surface area contributed by atoms with Crippen molar-refractivity contribution in [3.8, 4) is 0 Å². The van der Waals surface area contributed by atoms with Gasteiger partial charge in [0.05, 0.1) is 0 Å². The first-order valence-electron chi connectivity index (χ1n) is 6.84. The highest BCUT2D eigenvalue weighted by molar-refractivity contribution is 6.29. The third-order valence-corrected chi connectivity index (χ3v) is 3.61. The summed E-state index contributed by atoms with van der Waals surface area (Å²) in [7, 11) is 0. The van der Waals surface area contributed by atoms with Crippen molar-refractivity contribution < 1.29 is 0 Å². The lowest BCUT2D eigenvalue weighted by atomic mass is 10.2. The van der Waals surface area contributed by atoms with Gasteiger partial charge in [0.25, 0.3) is 0 Å². The molecule has 0 bridgehead atoms. The summed E-state index contributed by atoms with van der Waals surface area (Å²) in [5.74, 6) is 1.38. The molecule has 1 aromatic heterocycles. The quantitative estimate of drug-likeness (QED) is 0.873. The summed E-state index contributed by atoms with van der Waals surface area (Å²) in [6.45, 7) is 4.15. The van der Waals surface area contributed by atoms with E-state index in [-0.39, 0.29) is 0 Å². The van der Waals surface area contributed by atoms with Crippen LogP contribution in [0.15, 0.2) is 30.3 Å². The average molecular weight is 289 g/mol. The van der Waals surface area contributed by atoms with Crippen LogP contribution in [0.4, 0.5) is 17.2 Å². The number of nitrogens with zero attached hydrogens (tertiary/aromatic N) is 3. The van der Waals surface area contributed by atoms with Crippen LogP contribution in [0, 0.1) is 6.92 Å². The molecule has 5 heteroatoms. The van der Waals surface area contributed by atoms with Gasteiger partial charge in [0.15, 0.2) is 0 Å². The summed E-state index contributed by atoms with van der Waals surface area (Å²) in [6.07, 6.45) is 2.58. The second-order valence-corrected chi connectivity index (χ2v) is 5.38. The van der Waals surface area contributed by atoms with Crippen molar-refractivity contribution in [2.24, 2.45) is 0 Å². The Balaban J connectivity index is 1.74. The number of rotatable bonds is 3. The van der Waals surface area contributed by atoms with Crippen LogP contribution in [0.1, 0.15) is 18.7 Å². The number of halogens is 1. The number of benzene rings is 1. The van der Waals surface area contributed by atoms with E-state index in [1.54, 1.807) is 6.07 Å². The molecule has 0 atom stereocenters. The minimum absolute atomic E-state index is 0.452. The second kappa shape index (κ2) is 5.67. The Labute approximate surface area is 123 Å². The van der Waals surface area contributed by atoms with E-state index in [0.29, 0.717) is 11.0 Å². The molecule has 0 saturated carbocycles. The maximum atomic E-state index is 5.93. The highest BCUT2D eigenvalue weighted by Crippen LogP contribution is 2.24. The molecular formula is C15H17ClN4. The number of aryl methyl sites for hydroxylation is 1. The Bertz CT molecular complexity index is 571. The lowest BCUT2D eigenvalue weighted by molar-refractivity contribution is 0.949. The molecule has 1 aliphatic heterocycles. The van der Waals surface area contributed by atoms with Crippen molar-refractivity contribution in [1.82, 2.24) is 9.97 Å². The van der Waals surface area contributed by atoms with E-state index in [4.69, 9.17) is 11.6 Å². The van der Waals surface area contributed by atoms with Crippen LogP contribution < -0.4 is 10.2 Å². The van der Waals surface area contributed by atoms with Gasteiger partial charge in [-0.2, -0.15) is 0 Å². The van der Waals surface area contributed by atoms with Gasteiger partial charge in [-0.3, -0.25) is 0 Å². The molecule has 2 aromatic rings. The van der Waals surface area contributed by atoms with Gasteiger partial charge in [-0.15, -0.1) is 0 Å². The molecule has 20 heavy (non-hydrogen) atoms. The first-order chi connectivity index (χ1) is 9.70. The summed E-state index contributed by atoms with van der Waals surface area (Å²) in [5.41, 5.74) is 2.28. The summed E-state index contributed by atoms with van der Waals surface area (Å²) < 4.78 is 0. The fourth-order valence-corrected chi connectivity index (χ4v) is 2.70. The SMILES string of the molecule is Cc1nc(Cl)cc(Nc2ccc(N3CCCC3)cc2)n1. The predicted molar refractivity (Wildman–Crippen MR) is 83.0 cm³/mol. The van der Waals surface area contributed by atoms with E-state index in [0.717, 1.165) is 24.6 Å². The Kier molecular flexibility index (Phi) is 3.74. The zero-order chi connectivity index (χ0) is 13.9. The second-order valence-electron chi connectivity index (χ2n) is 4.99. The molecule has 104 valence electrons. The Morgan fingerprint density at radius 1 is 1.10 bits per heavy atom. The van der Waals surface area contributed by atoms with Gasteiger partial charge in [0.2, 0.25) is 0 Å². The minimum atomic E-state index is 0.452. The van der Waals surface area contributed by atoms with Crippen molar-refractivity contribution >= 4 is 28.8 Å². The standard InChI is InChI=1S/C15H17ClN4/c1-11-17-14(16)10-15(18-11)19-12-4-6-13(7-5-12)20-8-2-3-9-20/h4-7,10H,2-3,8-9H2,1H3,(H,17,18,19). The van der Waals surface area contributed by atoms with E-state index in [1.165, 1.54) is 18.5 Å². The van der Waals surface area contributed by atoms with Crippen LogP contribution in [0.5, 0.6) is 0 Å². The van der Waals surface area contributed by atoms with E-state index in [9.17, 15) is 0 Å². The Morgan fingerprint density at radius 2 is 1.80 bits per heavy atom. The largest absolute Gasteiger partial charge is 0.372 e. The Morgan fingerprint density at radius 3 is 2.45 bits per heavy atom. The van der Waals surface area contributed by atoms with Gasteiger partial charge in [-0.1, -0.05) is 11.6 Å². The minimum Gasteiger partial charge on any atom is -0.372 e. The highest BCUT2D eigenvalue weighted by Gasteiger charge is 2.11. The van der Waals surface area contributed by atoms with Crippen molar-refractivity contribution in [3.63, 3.8) is 0 Å². The maximum Gasteiger partial charge on any atom is 0.135 e. The molecule has 1 aliphatic rings. The fourth-order valence-electron chi connectivity index (χ4n) is 2.47. The molecule has 0 unspecified atom stereocenters. The first kappa shape index (κ1) is 13.2. The molecule has 0 spiro atoms. The van der Waals surface area contributed by atoms with Crippen LogP contribution in [0.25, 0.3) is 0 Å². The molecule has 0 aliphatic carbocycles. The van der Waals surface area contributed by atoms with Gasteiger partial charge in [0.1, 0.15) is 16.8 Å². The zero-order valence-corrected chi connectivity index (χ0v) is 12.2. The summed E-state index contributed by atoms with van der Waals surface area (Å²) in [6, 6.07) is 10.1. The zero-order valence-electron chi connectivity index (χ0n) is 11.4. The van der Waals surface area contributed by atoms with Crippen molar-refractivity contribution in [3.05, 3.63) is 41.3 Å². The lowest BCUT2D eigenvalue weighted by Crippen LogP contribution is -2.17. The number of hydrogen-bond acceptors (Lipinski definition) is 4. The van der Waals surface area contributed by atoms with Gasteiger partial charge in [0, 0.05) is 30.5 Å².